The Kier molecular flexibility index (Phi) is 8.33. The van der Waals surface area contributed by atoms with Crippen molar-refractivity contribution in [3.05, 3.63) is 54.5 Å². The van der Waals surface area contributed by atoms with Crippen molar-refractivity contribution in [2.45, 2.75) is 64.3 Å². The van der Waals surface area contributed by atoms with Crippen molar-refractivity contribution in [1.82, 2.24) is 25.1 Å². The fraction of sp³-hybridized carbons (Fsp3) is 0.545. The van der Waals surface area contributed by atoms with Gasteiger partial charge >= 0.3 is 6.09 Å². The second kappa shape index (κ2) is 12.2. The van der Waals surface area contributed by atoms with Crippen LogP contribution in [0.2, 0.25) is 0 Å². The van der Waals surface area contributed by atoms with Gasteiger partial charge < -0.3 is 30.5 Å². The molecule has 2 aromatic heterocycles. The summed E-state index contributed by atoms with van der Waals surface area (Å²) in [4.78, 5) is 31.6. The number of aromatic nitrogens is 2. The van der Waals surface area contributed by atoms with Crippen LogP contribution >= 0.6 is 0 Å². The van der Waals surface area contributed by atoms with Crippen LogP contribution in [-0.2, 0) is 11.2 Å². The molecular weight excluding hydrogens is 540 g/mol. The molecule has 1 aromatic carbocycles. The lowest BCUT2D eigenvalue weighted by Crippen LogP contribution is -2.65. The molecule has 6 rings (SSSR count). The molecule has 0 spiro atoms. The van der Waals surface area contributed by atoms with Crippen LogP contribution in [0.25, 0.3) is 10.9 Å². The second-order valence-electron chi connectivity index (χ2n) is 13.4. The van der Waals surface area contributed by atoms with E-state index in [9.17, 15) is 4.79 Å². The molecule has 10 nitrogen and oxygen atoms in total. The van der Waals surface area contributed by atoms with Crippen LogP contribution < -0.4 is 20.9 Å². The van der Waals surface area contributed by atoms with E-state index in [1.54, 1.807) is 0 Å². The Labute approximate surface area is 255 Å². The molecule has 0 bridgehead atoms. The molecule has 1 unspecified atom stereocenters. The number of ether oxygens (including phenoxy) is 1. The molecule has 5 heterocycles. The largest absolute Gasteiger partial charge is 0.444 e. The highest BCUT2D eigenvalue weighted by atomic mass is 16.6. The molecule has 3 aromatic rings. The van der Waals surface area contributed by atoms with Crippen molar-refractivity contribution in [3.8, 4) is 0 Å². The predicted octanol–water partition coefficient (Wildman–Crippen LogP) is 3.75. The zero-order chi connectivity index (χ0) is 30.1. The molecule has 0 radical (unpaired) electrons. The van der Waals surface area contributed by atoms with Gasteiger partial charge in [0, 0.05) is 93.8 Å². The van der Waals surface area contributed by atoms with Crippen molar-refractivity contribution in [3.63, 3.8) is 0 Å². The lowest BCUT2D eigenvalue weighted by Gasteiger charge is -2.51. The molecular formula is C33H46N8O2. The summed E-state index contributed by atoms with van der Waals surface area (Å²) in [6.07, 6.45) is 5.29. The van der Waals surface area contributed by atoms with Gasteiger partial charge in [0.2, 0.25) is 0 Å². The molecule has 0 aliphatic carbocycles. The SMILES string of the molecule is C[C@@H]1CN(c2ccc(N)c3ncccc23)C[C@@H]2CN(CCc3ccc(N4CCC(NC(=O)OC(C)(C)C)C4)cn3)CCN21. The van der Waals surface area contributed by atoms with E-state index in [0.29, 0.717) is 12.1 Å². The Morgan fingerprint density at radius 2 is 1.88 bits per heavy atom. The first kappa shape index (κ1) is 29.4. The van der Waals surface area contributed by atoms with E-state index in [-0.39, 0.29) is 12.1 Å². The summed E-state index contributed by atoms with van der Waals surface area (Å²) in [5.74, 6) is 0. The first-order chi connectivity index (χ1) is 20.6. The maximum atomic E-state index is 12.2. The molecule has 3 fully saturated rings. The summed E-state index contributed by atoms with van der Waals surface area (Å²) in [6.45, 7) is 15.9. The number of benzene rings is 1. The highest BCUT2D eigenvalue weighted by Gasteiger charge is 2.36. The van der Waals surface area contributed by atoms with Gasteiger partial charge in [-0.25, -0.2) is 4.79 Å². The normalized spacial score (nSPS) is 23.4. The number of hydrogen-bond donors (Lipinski definition) is 2. The summed E-state index contributed by atoms with van der Waals surface area (Å²) in [6, 6.07) is 13.7. The summed E-state index contributed by atoms with van der Waals surface area (Å²) in [5, 5.41) is 4.14. The maximum Gasteiger partial charge on any atom is 0.407 e. The number of nitrogens with zero attached hydrogens (tertiary/aromatic N) is 6. The summed E-state index contributed by atoms with van der Waals surface area (Å²) >= 11 is 0. The van der Waals surface area contributed by atoms with E-state index in [4.69, 9.17) is 15.5 Å². The third-order valence-electron chi connectivity index (χ3n) is 8.98. The van der Waals surface area contributed by atoms with Gasteiger partial charge in [-0.15, -0.1) is 0 Å². The van der Waals surface area contributed by atoms with Gasteiger partial charge in [-0.05, 0) is 70.5 Å². The summed E-state index contributed by atoms with van der Waals surface area (Å²) in [7, 11) is 0. The first-order valence-corrected chi connectivity index (χ1v) is 15.7. The molecule has 3 aliphatic heterocycles. The summed E-state index contributed by atoms with van der Waals surface area (Å²) in [5.41, 5.74) is 10.8. The van der Waals surface area contributed by atoms with E-state index in [1.165, 1.54) is 5.69 Å². The van der Waals surface area contributed by atoms with Crippen molar-refractivity contribution in [2.75, 3.05) is 67.9 Å². The van der Waals surface area contributed by atoms with Crippen LogP contribution in [0.4, 0.5) is 21.9 Å². The maximum absolute atomic E-state index is 12.2. The van der Waals surface area contributed by atoms with Crippen LogP contribution in [0.1, 0.15) is 39.8 Å². The Morgan fingerprint density at radius 3 is 2.67 bits per heavy atom. The number of anilines is 3. The van der Waals surface area contributed by atoms with E-state index in [1.807, 2.05) is 45.3 Å². The van der Waals surface area contributed by atoms with E-state index < -0.39 is 5.60 Å². The molecule has 230 valence electrons. The van der Waals surface area contributed by atoms with Crippen molar-refractivity contribution in [2.24, 2.45) is 0 Å². The fourth-order valence-electron chi connectivity index (χ4n) is 6.90. The number of amides is 1. The number of fused-ring (bicyclic) bond motifs is 2. The van der Waals surface area contributed by atoms with Crippen LogP contribution in [0.3, 0.4) is 0 Å². The highest BCUT2D eigenvalue weighted by Crippen LogP contribution is 2.33. The smallest absolute Gasteiger partial charge is 0.407 e. The minimum atomic E-state index is -0.490. The number of pyridine rings is 2. The average Bonchev–Trinajstić information content (AvgIpc) is 3.43. The lowest BCUT2D eigenvalue weighted by molar-refractivity contribution is 0.0355. The Morgan fingerprint density at radius 1 is 1.02 bits per heavy atom. The number of nitrogens with one attached hydrogen (secondary N) is 1. The van der Waals surface area contributed by atoms with Crippen LogP contribution in [-0.4, -0.2) is 102 Å². The van der Waals surface area contributed by atoms with Gasteiger partial charge in [0.1, 0.15) is 5.60 Å². The number of rotatable bonds is 6. The molecule has 10 heteroatoms. The molecule has 3 N–H and O–H groups in total. The molecule has 0 saturated carbocycles. The van der Waals surface area contributed by atoms with Crippen molar-refractivity contribution >= 4 is 34.1 Å². The third kappa shape index (κ3) is 6.80. The van der Waals surface area contributed by atoms with Crippen LogP contribution in [0, 0.1) is 0 Å². The van der Waals surface area contributed by atoms with Crippen LogP contribution in [0.5, 0.6) is 0 Å². The standard InChI is InChI=1S/C33H46N8O2/c1-23-19-40(30-10-9-29(34)31-28(30)6-5-13-35-31)22-27-21-38(16-17-41(23)27)14-11-24-7-8-26(18-36-24)39-15-12-25(20-39)37-32(42)43-33(2,3)4/h5-10,13,18,23,25,27H,11-12,14-17,19-22,34H2,1-4H3,(H,37,42)/t23-,25?,27+/m1/s1. The Bertz CT molecular complexity index is 1420. The third-order valence-corrected chi connectivity index (χ3v) is 8.98. The molecule has 3 aliphatic rings. The van der Waals surface area contributed by atoms with Crippen molar-refractivity contribution in [1.29, 1.82) is 0 Å². The number of nitrogens with two attached hydrogens (primary N) is 1. The quantitative estimate of drug-likeness (QED) is 0.418. The number of alkyl carbamates (subject to hydrolysis) is 1. The minimum absolute atomic E-state index is 0.0852. The van der Waals surface area contributed by atoms with Gasteiger partial charge in [-0.1, -0.05) is 0 Å². The Balaban J connectivity index is 1.02. The monoisotopic (exact) mass is 586 g/mol. The second-order valence-corrected chi connectivity index (χ2v) is 13.4. The molecule has 3 atom stereocenters. The highest BCUT2D eigenvalue weighted by molar-refractivity contribution is 5.98. The van der Waals surface area contributed by atoms with E-state index in [0.717, 1.165) is 93.2 Å². The van der Waals surface area contributed by atoms with E-state index in [2.05, 4.69) is 61.1 Å². The van der Waals surface area contributed by atoms with Gasteiger partial charge in [0.15, 0.2) is 0 Å². The molecule has 1 amide bonds. The molecule has 43 heavy (non-hydrogen) atoms. The minimum Gasteiger partial charge on any atom is -0.444 e. The number of piperazine rings is 2. The fourth-order valence-corrected chi connectivity index (χ4v) is 6.90. The number of carbonyl (C=O) groups is 1. The number of nitrogen functional groups attached to an aromatic ring is 1. The zero-order valence-corrected chi connectivity index (χ0v) is 26.0. The van der Waals surface area contributed by atoms with Gasteiger partial charge in [0.25, 0.3) is 0 Å². The van der Waals surface area contributed by atoms with Gasteiger partial charge in [0.05, 0.1) is 29.1 Å². The first-order valence-electron chi connectivity index (χ1n) is 15.7. The number of carbonyl (C=O) groups excluding carboxylic acids is 1. The van der Waals surface area contributed by atoms with Crippen molar-refractivity contribution < 1.29 is 9.53 Å². The van der Waals surface area contributed by atoms with Gasteiger partial charge in [-0.3, -0.25) is 14.9 Å². The average molecular weight is 587 g/mol. The van der Waals surface area contributed by atoms with Gasteiger partial charge in [-0.2, -0.15) is 0 Å². The van der Waals surface area contributed by atoms with Crippen LogP contribution in [0.15, 0.2) is 48.8 Å². The Hall–Kier alpha value is -3.63. The lowest BCUT2D eigenvalue weighted by atomic mass is 10.0. The summed E-state index contributed by atoms with van der Waals surface area (Å²) < 4.78 is 5.42. The van der Waals surface area contributed by atoms with E-state index >= 15 is 0 Å². The predicted molar refractivity (Wildman–Crippen MR) is 173 cm³/mol. The molecule has 3 saturated heterocycles. The zero-order valence-electron chi connectivity index (χ0n) is 26.0. The number of hydrogen-bond acceptors (Lipinski definition) is 9. The topological polar surface area (TPSA) is 103 Å².